The molecule has 0 unspecified atom stereocenters. The molecular formula is C22H26N8S. The van der Waals surface area contributed by atoms with Gasteiger partial charge in [0.2, 0.25) is 5.82 Å². The number of anilines is 1. The highest BCUT2D eigenvalue weighted by atomic mass is 32.1. The molecular weight excluding hydrogens is 408 g/mol. The van der Waals surface area contributed by atoms with Crippen LogP contribution in [0.25, 0.3) is 21.7 Å². The van der Waals surface area contributed by atoms with Gasteiger partial charge in [-0.25, -0.2) is 4.98 Å². The number of fused-ring (bicyclic) bond motifs is 1. The number of nitrogens with zero attached hydrogens (tertiary/aromatic N) is 7. The molecule has 0 aliphatic carbocycles. The standard InChI is InChI=1S/C22H26N8S/c1-15(2)11-16-12-18(21(23-13-16)22-25-27-28-26-22)30-9-7-29(8-10-30)14-20-24-17-5-3-4-6-19(17)31-20/h3-6,12-13,15H,7-11,14H2,1-2H3,(H,25,26,27,28). The van der Waals surface area contributed by atoms with E-state index in [2.05, 4.69) is 68.5 Å². The Hall–Kier alpha value is -2.91. The van der Waals surface area contributed by atoms with Gasteiger partial charge in [-0.05, 0) is 41.3 Å². The highest BCUT2D eigenvalue weighted by molar-refractivity contribution is 7.18. The minimum atomic E-state index is 0.544. The number of aromatic nitrogens is 6. The Bertz CT molecular complexity index is 1110. The fraction of sp³-hybridized carbons (Fsp3) is 0.409. The van der Waals surface area contributed by atoms with E-state index in [9.17, 15) is 0 Å². The van der Waals surface area contributed by atoms with Crippen molar-refractivity contribution in [2.75, 3.05) is 31.1 Å². The maximum absolute atomic E-state index is 4.80. The summed E-state index contributed by atoms with van der Waals surface area (Å²) in [6.45, 7) is 9.19. The summed E-state index contributed by atoms with van der Waals surface area (Å²) in [6, 6.07) is 10.6. The summed E-state index contributed by atoms with van der Waals surface area (Å²) < 4.78 is 1.26. The van der Waals surface area contributed by atoms with Crippen LogP contribution < -0.4 is 4.90 Å². The molecule has 1 aromatic carbocycles. The van der Waals surface area contributed by atoms with Crippen molar-refractivity contribution in [1.29, 1.82) is 0 Å². The lowest BCUT2D eigenvalue weighted by Gasteiger charge is -2.36. The molecule has 1 N–H and O–H groups in total. The highest BCUT2D eigenvalue weighted by Crippen LogP contribution is 2.29. The minimum absolute atomic E-state index is 0.544. The van der Waals surface area contributed by atoms with E-state index in [0.29, 0.717) is 11.7 Å². The van der Waals surface area contributed by atoms with Crippen LogP contribution in [0.15, 0.2) is 36.5 Å². The van der Waals surface area contributed by atoms with Crippen LogP contribution in [-0.2, 0) is 13.0 Å². The Morgan fingerprint density at radius 3 is 2.71 bits per heavy atom. The fourth-order valence-corrected chi connectivity index (χ4v) is 5.09. The zero-order valence-electron chi connectivity index (χ0n) is 17.8. The van der Waals surface area contributed by atoms with Crippen molar-refractivity contribution in [2.24, 2.45) is 5.92 Å². The molecule has 4 aromatic rings. The van der Waals surface area contributed by atoms with Gasteiger partial charge in [0, 0.05) is 32.4 Å². The molecule has 0 radical (unpaired) electrons. The van der Waals surface area contributed by atoms with E-state index in [-0.39, 0.29) is 0 Å². The largest absolute Gasteiger partial charge is 0.367 e. The lowest BCUT2D eigenvalue weighted by molar-refractivity contribution is 0.249. The molecule has 8 nitrogen and oxygen atoms in total. The molecule has 1 aliphatic rings. The van der Waals surface area contributed by atoms with Crippen molar-refractivity contribution in [2.45, 2.75) is 26.8 Å². The van der Waals surface area contributed by atoms with Crippen LogP contribution in [0, 0.1) is 5.92 Å². The van der Waals surface area contributed by atoms with Gasteiger partial charge in [-0.3, -0.25) is 9.88 Å². The summed E-state index contributed by atoms with van der Waals surface area (Å²) in [5.41, 5.74) is 4.23. The first-order valence-corrected chi connectivity index (χ1v) is 11.5. The normalized spacial score (nSPS) is 15.3. The molecule has 160 valence electrons. The Kier molecular flexibility index (Phi) is 5.61. The second kappa shape index (κ2) is 8.68. The Balaban J connectivity index is 1.32. The monoisotopic (exact) mass is 434 g/mol. The lowest BCUT2D eigenvalue weighted by atomic mass is 10.0. The molecule has 0 atom stereocenters. The van der Waals surface area contributed by atoms with E-state index in [1.165, 1.54) is 15.3 Å². The van der Waals surface area contributed by atoms with Crippen molar-refractivity contribution < 1.29 is 0 Å². The van der Waals surface area contributed by atoms with Crippen LogP contribution in [-0.4, -0.2) is 61.7 Å². The number of rotatable bonds is 6. The number of aromatic amines is 1. The fourth-order valence-electron chi connectivity index (χ4n) is 4.08. The van der Waals surface area contributed by atoms with E-state index < -0.39 is 0 Å². The summed E-state index contributed by atoms with van der Waals surface area (Å²) >= 11 is 1.79. The van der Waals surface area contributed by atoms with Crippen molar-refractivity contribution in [1.82, 2.24) is 35.5 Å². The maximum atomic E-state index is 4.80. The van der Waals surface area contributed by atoms with E-state index >= 15 is 0 Å². The van der Waals surface area contributed by atoms with Crippen LogP contribution >= 0.6 is 11.3 Å². The molecule has 3 aromatic heterocycles. The third-order valence-corrected chi connectivity index (χ3v) is 6.56. The molecule has 0 amide bonds. The van der Waals surface area contributed by atoms with Crippen LogP contribution in [0.1, 0.15) is 24.4 Å². The second-order valence-electron chi connectivity index (χ2n) is 8.38. The van der Waals surface area contributed by atoms with Gasteiger partial charge in [-0.1, -0.05) is 26.0 Å². The molecule has 0 bridgehead atoms. The van der Waals surface area contributed by atoms with Crippen LogP contribution in [0.2, 0.25) is 0 Å². The number of tetrazole rings is 1. The summed E-state index contributed by atoms with van der Waals surface area (Å²) in [5, 5.41) is 15.8. The first-order chi connectivity index (χ1) is 15.2. The second-order valence-corrected chi connectivity index (χ2v) is 9.50. The third-order valence-electron chi connectivity index (χ3n) is 5.54. The first-order valence-electron chi connectivity index (χ1n) is 10.7. The van der Waals surface area contributed by atoms with Gasteiger partial charge < -0.3 is 4.90 Å². The topological polar surface area (TPSA) is 86.7 Å². The molecule has 1 aliphatic heterocycles. The average molecular weight is 435 g/mol. The number of H-pyrrole nitrogens is 1. The van der Waals surface area contributed by atoms with E-state index in [4.69, 9.17) is 9.97 Å². The quantitative estimate of drug-likeness (QED) is 0.498. The lowest BCUT2D eigenvalue weighted by Crippen LogP contribution is -2.46. The molecule has 9 heteroatoms. The Morgan fingerprint density at radius 2 is 1.97 bits per heavy atom. The van der Waals surface area contributed by atoms with Gasteiger partial charge in [0.15, 0.2) is 0 Å². The van der Waals surface area contributed by atoms with Crippen LogP contribution in [0.3, 0.4) is 0 Å². The number of piperazine rings is 1. The summed E-state index contributed by atoms with van der Waals surface area (Å²) in [7, 11) is 0. The van der Waals surface area contributed by atoms with E-state index in [1.54, 1.807) is 11.3 Å². The number of nitrogens with one attached hydrogen (secondary N) is 1. The van der Waals surface area contributed by atoms with Crippen LogP contribution in [0.5, 0.6) is 0 Å². The molecule has 0 saturated carbocycles. The van der Waals surface area contributed by atoms with Gasteiger partial charge in [0.05, 0.1) is 22.4 Å². The zero-order valence-corrected chi connectivity index (χ0v) is 18.6. The van der Waals surface area contributed by atoms with Crippen molar-refractivity contribution in [3.05, 3.63) is 47.1 Å². The third kappa shape index (κ3) is 4.42. The summed E-state index contributed by atoms with van der Waals surface area (Å²) in [5.74, 6) is 1.12. The molecule has 1 fully saturated rings. The number of hydrogen-bond donors (Lipinski definition) is 1. The molecule has 5 rings (SSSR count). The highest BCUT2D eigenvalue weighted by Gasteiger charge is 2.23. The SMILES string of the molecule is CC(C)Cc1cnc(-c2nn[nH]n2)c(N2CCN(Cc3nc4ccccc4s3)CC2)c1. The predicted octanol–water partition coefficient (Wildman–Crippen LogP) is 3.39. The molecule has 31 heavy (non-hydrogen) atoms. The van der Waals surface area contributed by atoms with Crippen LogP contribution in [0.4, 0.5) is 5.69 Å². The van der Waals surface area contributed by atoms with E-state index in [0.717, 1.165) is 56.0 Å². The van der Waals surface area contributed by atoms with E-state index in [1.807, 2.05) is 12.3 Å². The Labute approximate surface area is 185 Å². The number of thiazole rings is 1. The van der Waals surface area contributed by atoms with Crippen molar-refractivity contribution in [3.63, 3.8) is 0 Å². The van der Waals surface area contributed by atoms with Gasteiger partial charge >= 0.3 is 0 Å². The smallest absolute Gasteiger partial charge is 0.225 e. The maximum Gasteiger partial charge on any atom is 0.225 e. The number of pyridine rings is 1. The summed E-state index contributed by atoms with van der Waals surface area (Å²) in [4.78, 5) is 14.4. The number of hydrogen-bond acceptors (Lipinski definition) is 8. The summed E-state index contributed by atoms with van der Waals surface area (Å²) in [6.07, 6.45) is 2.95. The zero-order chi connectivity index (χ0) is 21.2. The van der Waals surface area contributed by atoms with Gasteiger partial charge in [-0.15, -0.1) is 21.5 Å². The number of para-hydroxylation sites is 1. The van der Waals surface area contributed by atoms with Gasteiger partial charge in [-0.2, -0.15) is 5.21 Å². The van der Waals surface area contributed by atoms with Crippen molar-refractivity contribution in [3.8, 4) is 11.5 Å². The van der Waals surface area contributed by atoms with Crippen molar-refractivity contribution >= 4 is 27.2 Å². The van der Waals surface area contributed by atoms with Gasteiger partial charge in [0.25, 0.3) is 0 Å². The average Bonchev–Trinajstić information content (AvgIpc) is 3.43. The minimum Gasteiger partial charge on any atom is -0.367 e. The predicted molar refractivity (Wildman–Crippen MR) is 123 cm³/mol. The van der Waals surface area contributed by atoms with Gasteiger partial charge in [0.1, 0.15) is 10.7 Å². The molecule has 4 heterocycles. The molecule has 0 spiro atoms. The Morgan fingerprint density at radius 1 is 1.13 bits per heavy atom. The first kappa shape index (κ1) is 20.0. The molecule has 1 saturated heterocycles. The number of benzene rings is 1.